The smallest absolute Gasteiger partial charge is 0.160 e. The van der Waals surface area contributed by atoms with Gasteiger partial charge in [-0.3, -0.25) is 4.79 Å². The van der Waals surface area contributed by atoms with Crippen LogP contribution in [0.4, 0.5) is 4.39 Å². The van der Waals surface area contributed by atoms with E-state index in [1.54, 1.807) is 26.8 Å². The number of allylic oxidation sites excluding steroid dienone is 2. The Kier molecular flexibility index (Phi) is 6.83. The number of hydrogen-bond donors (Lipinski definition) is 1. The van der Waals surface area contributed by atoms with E-state index in [1.807, 2.05) is 57.2 Å². The van der Waals surface area contributed by atoms with Crippen molar-refractivity contribution in [1.29, 1.82) is 0 Å². The molecule has 0 aliphatic heterocycles. The molecule has 2 aromatic carbocycles. The van der Waals surface area contributed by atoms with E-state index in [0.717, 1.165) is 27.8 Å². The molecule has 0 aromatic heterocycles. The monoisotopic (exact) mass is 418 g/mol. The Balaban J connectivity index is 2.54. The van der Waals surface area contributed by atoms with Crippen LogP contribution in [0.5, 0.6) is 0 Å². The zero-order chi connectivity index (χ0) is 21.3. The Bertz CT molecular complexity index is 906. The molecule has 0 amide bonds. The molecule has 150 valence electrons. The molecular weight excluding hydrogens is 391 g/mol. The number of ketones is 1. The first-order chi connectivity index (χ1) is 12.9. The molecule has 2 rings (SSSR count). The topological polar surface area (TPSA) is 17.1 Å². The van der Waals surface area contributed by atoms with Gasteiger partial charge in [-0.05, 0) is 87.9 Å². The van der Waals surface area contributed by atoms with Crippen LogP contribution in [-0.2, 0) is 4.75 Å². The molecule has 0 saturated heterocycles. The largest absolute Gasteiger partial charge is 0.295 e. The Morgan fingerprint density at radius 1 is 1.18 bits per heavy atom. The second-order valence-corrected chi connectivity index (χ2v) is 9.13. The molecule has 2 aromatic rings. The zero-order valence-electron chi connectivity index (χ0n) is 17.4. The SMILES string of the molecule is C/C=C(\C[C@](S)(c1cc(C)cc(Cl)c1)C(C)(C)F)c1ccc(C(C)=O)c(C)c1. The first-order valence-electron chi connectivity index (χ1n) is 9.35. The molecule has 0 unspecified atom stereocenters. The van der Waals surface area contributed by atoms with Gasteiger partial charge in [0.25, 0.3) is 0 Å². The van der Waals surface area contributed by atoms with Crippen molar-refractivity contribution < 1.29 is 9.18 Å². The summed E-state index contributed by atoms with van der Waals surface area (Å²) in [5.41, 5.74) is 3.66. The van der Waals surface area contributed by atoms with Gasteiger partial charge in [0.2, 0.25) is 0 Å². The van der Waals surface area contributed by atoms with Crippen molar-refractivity contribution in [2.75, 3.05) is 0 Å². The van der Waals surface area contributed by atoms with Crippen molar-refractivity contribution >= 4 is 35.6 Å². The Labute approximate surface area is 178 Å². The van der Waals surface area contributed by atoms with Gasteiger partial charge >= 0.3 is 0 Å². The summed E-state index contributed by atoms with van der Waals surface area (Å²) in [6.45, 7) is 10.5. The highest BCUT2D eigenvalue weighted by molar-refractivity contribution is 7.81. The van der Waals surface area contributed by atoms with Crippen LogP contribution >= 0.6 is 24.2 Å². The van der Waals surface area contributed by atoms with Gasteiger partial charge in [0, 0.05) is 10.6 Å². The minimum atomic E-state index is -1.60. The predicted octanol–water partition coefficient (Wildman–Crippen LogP) is 7.53. The van der Waals surface area contributed by atoms with Crippen LogP contribution < -0.4 is 0 Å². The van der Waals surface area contributed by atoms with Gasteiger partial charge in [0.05, 0.1) is 4.75 Å². The highest BCUT2D eigenvalue weighted by atomic mass is 35.5. The van der Waals surface area contributed by atoms with E-state index in [9.17, 15) is 4.79 Å². The fourth-order valence-corrected chi connectivity index (χ4v) is 4.12. The summed E-state index contributed by atoms with van der Waals surface area (Å²) in [5, 5.41) is 0.571. The van der Waals surface area contributed by atoms with Crippen LogP contribution in [0.15, 0.2) is 42.5 Å². The molecule has 0 saturated carbocycles. The lowest BCUT2D eigenvalue weighted by molar-refractivity contribution is 0.101. The van der Waals surface area contributed by atoms with Crippen LogP contribution in [-0.4, -0.2) is 11.5 Å². The molecular formula is C24H28ClFOS. The second kappa shape index (κ2) is 8.42. The lowest BCUT2D eigenvalue weighted by Crippen LogP contribution is -2.40. The first-order valence-corrected chi connectivity index (χ1v) is 10.2. The number of alkyl halides is 1. The number of Topliss-reactive ketones (excluding diaryl/α,β-unsaturated/α-hetero) is 1. The Morgan fingerprint density at radius 3 is 2.29 bits per heavy atom. The first kappa shape index (κ1) is 22.7. The van der Waals surface area contributed by atoms with Gasteiger partial charge in [-0.25, -0.2) is 4.39 Å². The van der Waals surface area contributed by atoms with Gasteiger partial charge in [0.1, 0.15) is 5.67 Å². The van der Waals surface area contributed by atoms with E-state index in [0.29, 0.717) is 17.0 Å². The van der Waals surface area contributed by atoms with Gasteiger partial charge in [-0.1, -0.05) is 41.9 Å². The molecule has 0 radical (unpaired) electrons. The highest BCUT2D eigenvalue weighted by Crippen LogP contribution is 2.48. The molecule has 0 aliphatic carbocycles. The van der Waals surface area contributed by atoms with E-state index >= 15 is 4.39 Å². The van der Waals surface area contributed by atoms with E-state index < -0.39 is 10.4 Å². The minimum absolute atomic E-state index is 0.0360. The molecule has 28 heavy (non-hydrogen) atoms. The summed E-state index contributed by atoms with van der Waals surface area (Å²) in [4.78, 5) is 11.7. The van der Waals surface area contributed by atoms with Gasteiger partial charge in [-0.2, -0.15) is 12.6 Å². The van der Waals surface area contributed by atoms with E-state index in [1.165, 1.54) is 0 Å². The van der Waals surface area contributed by atoms with Crippen molar-refractivity contribution in [1.82, 2.24) is 0 Å². The summed E-state index contributed by atoms with van der Waals surface area (Å²) >= 11 is 11.1. The molecule has 0 fully saturated rings. The third-order valence-corrected chi connectivity index (χ3v) is 6.44. The third-order valence-electron chi connectivity index (χ3n) is 5.27. The molecule has 1 atom stereocenters. The van der Waals surface area contributed by atoms with Crippen LogP contribution in [0.1, 0.15) is 66.7 Å². The number of hydrogen-bond acceptors (Lipinski definition) is 2. The average molecular weight is 419 g/mol. The normalized spacial score (nSPS) is 14.7. The molecule has 0 N–H and O–H groups in total. The maximum Gasteiger partial charge on any atom is 0.160 e. The Morgan fingerprint density at radius 2 is 1.82 bits per heavy atom. The van der Waals surface area contributed by atoms with E-state index in [2.05, 4.69) is 0 Å². The number of thiol groups is 1. The van der Waals surface area contributed by atoms with Crippen LogP contribution in [0.25, 0.3) is 5.57 Å². The second-order valence-electron chi connectivity index (χ2n) is 7.93. The summed E-state index contributed by atoms with van der Waals surface area (Å²) in [7, 11) is 0. The zero-order valence-corrected chi connectivity index (χ0v) is 19.0. The number of aryl methyl sites for hydroxylation is 2. The predicted molar refractivity (Wildman–Crippen MR) is 121 cm³/mol. The summed E-state index contributed by atoms with van der Waals surface area (Å²) in [6.07, 6.45) is 2.37. The summed E-state index contributed by atoms with van der Waals surface area (Å²) in [6, 6.07) is 11.3. The van der Waals surface area contributed by atoms with Crippen molar-refractivity contribution in [3.8, 4) is 0 Å². The van der Waals surface area contributed by atoms with E-state index in [4.69, 9.17) is 24.2 Å². The lowest BCUT2D eigenvalue weighted by Gasteiger charge is -2.39. The molecule has 0 aliphatic rings. The average Bonchev–Trinajstić information content (AvgIpc) is 2.57. The van der Waals surface area contributed by atoms with Crippen LogP contribution in [0.2, 0.25) is 5.02 Å². The van der Waals surface area contributed by atoms with Crippen LogP contribution in [0.3, 0.4) is 0 Å². The standard InChI is InChI=1S/C24H28ClFOS/c1-7-18(19-8-9-22(17(4)27)16(3)12-19)14-24(28,23(5,6)26)20-10-15(2)11-21(25)13-20/h7-13,28H,14H2,1-6H3/b18-7+/t24-/m0/s1. The number of rotatable bonds is 6. The molecule has 0 heterocycles. The number of halogens is 2. The van der Waals surface area contributed by atoms with Crippen molar-refractivity contribution in [3.63, 3.8) is 0 Å². The fourth-order valence-electron chi connectivity index (χ4n) is 3.54. The van der Waals surface area contributed by atoms with Crippen LogP contribution in [0, 0.1) is 13.8 Å². The lowest BCUT2D eigenvalue weighted by atomic mass is 9.78. The molecule has 4 heteroatoms. The van der Waals surface area contributed by atoms with Crippen molar-refractivity contribution in [2.45, 2.75) is 58.4 Å². The Hall–Kier alpha value is -1.58. The highest BCUT2D eigenvalue weighted by Gasteiger charge is 2.45. The van der Waals surface area contributed by atoms with Gasteiger partial charge in [0.15, 0.2) is 5.78 Å². The van der Waals surface area contributed by atoms with Crippen molar-refractivity contribution in [2.24, 2.45) is 0 Å². The number of carbonyl (C=O) groups is 1. The maximum absolute atomic E-state index is 15.5. The third kappa shape index (κ3) is 4.69. The van der Waals surface area contributed by atoms with Crippen molar-refractivity contribution in [3.05, 3.63) is 75.3 Å². The quantitative estimate of drug-likeness (QED) is 0.379. The molecule has 1 nitrogen and oxygen atoms in total. The number of carbonyl (C=O) groups excluding carboxylic acids is 1. The molecule has 0 bridgehead atoms. The minimum Gasteiger partial charge on any atom is -0.295 e. The molecule has 0 spiro atoms. The van der Waals surface area contributed by atoms with Gasteiger partial charge < -0.3 is 0 Å². The van der Waals surface area contributed by atoms with Gasteiger partial charge in [-0.15, -0.1) is 0 Å². The summed E-state index contributed by atoms with van der Waals surface area (Å²) < 4.78 is 14.4. The number of benzene rings is 2. The summed E-state index contributed by atoms with van der Waals surface area (Å²) in [5.74, 6) is 0.0360. The maximum atomic E-state index is 15.5. The fraction of sp³-hybridized carbons (Fsp3) is 0.375. The van der Waals surface area contributed by atoms with E-state index in [-0.39, 0.29) is 5.78 Å².